The monoisotopic (exact) mass is 342 g/mol. The summed E-state index contributed by atoms with van der Waals surface area (Å²) in [5.41, 5.74) is 1.98. The fourth-order valence-corrected chi connectivity index (χ4v) is 3.23. The molecule has 0 radical (unpaired) electrons. The number of pyridine rings is 1. The minimum Gasteiger partial charge on any atom is -0.480 e. The van der Waals surface area contributed by atoms with E-state index in [4.69, 9.17) is 5.11 Å². The second-order valence-corrected chi connectivity index (χ2v) is 6.37. The van der Waals surface area contributed by atoms with Crippen LogP contribution in [0.1, 0.15) is 36.4 Å². The topological polar surface area (TPSA) is 88.3 Å². The lowest BCUT2D eigenvalue weighted by Gasteiger charge is -2.32. The number of aromatic nitrogens is 3. The van der Waals surface area contributed by atoms with Crippen LogP contribution in [0.3, 0.4) is 0 Å². The number of piperidine rings is 1. The molecule has 1 atom stereocenters. The van der Waals surface area contributed by atoms with Gasteiger partial charge in [0, 0.05) is 44.0 Å². The number of carboxylic acid groups (broad SMARTS) is 1. The van der Waals surface area contributed by atoms with E-state index < -0.39 is 5.97 Å². The van der Waals surface area contributed by atoms with Gasteiger partial charge in [-0.05, 0) is 43.0 Å². The van der Waals surface area contributed by atoms with Crippen molar-refractivity contribution in [2.45, 2.75) is 38.1 Å². The third-order valence-electron chi connectivity index (χ3n) is 4.53. The molecule has 0 spiro atoms. The van der Waals surface area contributed by atoms with E-state index in [-0.39, 0.29) is 18.4 Å². The van der Waals surface area contributed by atoms with Crippen molar-refractivity contribution in [3.63, 3.8) is 0 Å². The molecule has 1 fully saturated rings. The summed E-state index contributed by atoms with van der Waals surface area (Å²) in [6.45, 7) is 1.29. The molecule has 7 heteroatoms. The Hall–Kier alpha value is -2.70. The summed E-state index contributed by atoms with van der Waals surface area (Å²) in [6, 6.07) is 5.72. The Kier molecular flexibility index (Phi) is 5.42. The number of aliphatic carboxylic acids is 1. The zero-order valence-corrected chi connectivity index (χ0v) is 14.0. The third-order valence-corrected chi connectivity index (χ3v) is 4.53. The van der Waals surface area contributed by atoms with Crippen LogP contribution in [0, 0.1) is 0 Å². The molecule has 1 amide bonds. The van der Waals surface area contributed by atoms with E-state index in [1.165, 1.54) is 4.68 Å². The maximum Gasteiger partial charge on any atom is 0.325 e. The van der Waals surface area contributed by atoms with Crippen LogP contribution in [0.4, 0.5) is 0 Å². The van der Waals surface area contributed by atoms with Crippen molar-refractivity contribution in [2.75, 3.05) is 13.1 Å². The summed E-state index contributed by atoms with van der Waals surface area (Å²) >= 11 is 0. The number of hydrogen-bond acceptors (Lipinski definition) is 4. The fraction of sp³-hybridized carbons (Fsp3) is 0.444. The molecule has 1 aliphatic rings. The molecule has 25 heavy (non-hydrogen) atoms. The minimum atomic E-state index is -0.911. The smallest absolute Gasteiger partial charge is 0.325 e. The van der Waals surface area contributed by atoms with Crippen LogP contribution in [0.15, 0.2) is 36.8 Å². The quantitative estimate of drug-likeness (QED) is 0.863. The summed E-state index contributed by atoms with van der Waals surface area (Å²) in [5.74, 6) is -0.577. The number of carboxylic acids is 1. The first-order valence-corrected chi connectivity index (χ1v) is 8.53. The standard InChI is InChI=1S/C18H22N4O3/c23-17(4-3-14-5-8-19-9-6-14)21-10-1-2-15(12-21)16-7-11-22(20-16)13-18(24)25/h5-9,11,15H,1-4,10,12-13H2,(H,24,25)/t15-/m0/s1. The second kappa shape index (κ2) is 7.92. The molecule has 132 valence electrons. The largest absolute Gasteiger partial charge is 0.480 e. The van der Waals surface area contributed by atoms with E-state index in [0.29, 0.717) is 13.0 Å². The van der Waals surface area contributed by atoms with Gasteiger partial charge in [0.2, 0.25) is 5.91 Å². The first-order chi connectivity index (χ1) is 12.1. The van der Waals surface area contributed by atoms with Crippen molar-refractivity contribution in [1.82, 2.24) is 19.7 Å². The number of likely N-dealkylation sites (tertiary alicyclic amines) is 1. The SMILES string of the molecule is O=C(O)Cn1ccc([C@H]2CCCN(C(=O)CCc3ccncc3)C2)n1. The lowest BCUT2D eigenvalue weighted by atomic mass is 9.94. The highest BCUT2D eigenvalue weighted by Crippen LogP contribution is 2.26. The Bertz CT molecular complexity index is 729. The van der Waals surface area contributed by atoms with Gasteiger partial charge in [0.15, 0.2) is 0 Å². The molecule has 0 bridgehead atoms. The molecule has 3 heterocycles. The molecule has 2 aromatic heterocycles. The Morgan fingerprint density at radius 2 is 2.04 bits per heavy atom. The van der Waals surface area contributed by atoms with Gasteiger partial charge in [0.1, 0.15) is 6.54 Å². The highest BCUT2D eigenvalue weighted by Gasteiger charge is 2.26. The average Bonchev–Trinajstić information content (AvgIpc) is 3.08. The molecule has 7 nitrogen and oxygen atoms in total. The molecule has 0 aromatic carbocycles. The minimum absolute atomic E-state index is 0.138. The van der Waals surface area contributed by atoms with Gasteiger partial charge >= 0.3 is 5.97 Å². The van der Waals surface area contributed by atoms with E-state index in [1.807, 2.05) is 23.1 Å². The van der Waals surface area contributed by atoms with Crippen LogP contribution in [0.25, 0.3) is 0 Å². The third kappa shape index (κ3) is 4.65. The van der Waals surface area contributed by atoms with Crippen molar-refractivity contribution in [3.05, 3.63) is 48.0 Å². The Balaban J connectivity index is 1.56. The zero-order chi connectivity index (χ0) is 17.6. The highest BCUT2D eigenvalue weighted by molar-refractivity contribution is 5.76. The maximum absolute atomic E-state index is 12.5. The molecule has 0 unspecified atom stereocenters. The molecule has 2 aromatic rings. The predicted molar refractivity (Wildman–Crippen MR) is 91.0 cm³/mol. The van der Waals surface area contributed by atoms with Gasteiger partial charge < -0.3 is 10.0 Å². The van der Waals surface area contributed by atoms with Crippen LogP contribution < -0.4 is 0 Å². The Morgan fingerprint density at radius 1 is 1.24 bits per heavy atom. The Morgan fingerprint density at radius 3 is 2.80 bits per heavy atom. The summed E-state index contributed by atoms with van der Waals surface area (Å²) in [7, 11) is 0. The summed E-state index contributed by atoms with van der Waals surface area (Å²) in [6.07, 6.45) is 8.29. The number of amides is 1. The molecule has 1 N–H and O–H groups in total. The number of nitrogens with zero attached hydrogens (tertiary/aromatic N) is 4. The van der Waals surface area contributed by atoms with Crippen molar-refractivity contribution >= 4 is 11.9 Å². The average molecular weight is 342 g/mol. The van der Waals surface area contributed by atoms with Crippen molar-refractivity contribution < 1.29 is 14.7 Å². The normalized spacial score (nSPS) is 17.4. The summed E-state index contributed by atoms with van der Waals surface area (Å²) in [5, 5.41) is 13.2. The number of carbonyl (C=O) groups is 2. The van der Waals surface area contributed by atoms with Gasteiger partial charge in [0.25, 0.3) is 0 Å². The van der Waals surface area contributed by atoms with Gasteiger partial charge in [-0.1, -0.05) is 0 Å². The fourth-order valence-electron chi connectivity index (χ4n) is 3.23. The molecular formula is C18H22N4O3. The summed E-state index contributed by atoms with van der Waals surface area (Å²) in [4.78, 5) is 29.2. The van der Waals surface area contributed by atoms with Gasteiger partial charge in [-0.25, -0.2) is 0 Å². The van der Waals surface area contributed by atoms with Crippen LogP contribution >= 0.6 is 0 Å². The van der Waals surface area contributed by atoms with Crippen molar-refractivity contribution in [3.8, 4) is 0 Å². The van der Waals surface area contributed by atoms with Gasteiger partial charge in [-0.3, -0.25) is 19.3 Å². The van der Waals surface area contributed by atoms with Crippen LogP contribution in [0.5, 0.6) is 0 Å². The van der Waals surface area contributed by atoms with Gasteiger partial charge in [-0.15, -0.1) is 0 Å². The maximum atomic E-state index is 12.5. The molecule has 1 aliphatic heterocycles. The van der Waals surface area contributed by atoms with Gasteiger partial charge in [-0.2, -0.15) is 5.10 Å². The number of rotatable bonds is 6. The predicted octanol–water partition coefficient (Wildman–Crippen LogP) is 1.70. The highest BCUT2D eigenvalue weighted by atomic mass is 16.4. The number of aryl methyl sites for hydroxylation is 1. The van der Waals surface area contributed by atoms with E-state index in [1.54, 1.807) is 18.6 Å². The van der Waals surface area contributed by atoms with E-state index in [2.05, 4.69) is 10.1 Å². The number of carbonyl (C=O) groups excluding carboxylic acids is 1. The van der Waals surface area contributed by atoms with Crippen molar-refractivity contribution in [2.24, 2.45) is 0 Å². The first kappa shape index (κ1) is 17.1. The van der Waals surface area contributed by atoms with Crippen molar-refractivity contribution in [1.29, 1.82) is 0 Å². The second-order valence-electron chi connectivity index (χ2n) is 6.37. The zero-order valence-electron chi connectivity index (χ0n) is 14.0. The molecule has 0 aliphatic carbocycles. The molecule has 0 saturated carbocycles. The summed E-state index contributed by atoms with van der Waals surface area (Å²) < 4.78 is 1.43. The van der Waals surface area contributed by atoms with Crippen LogP contribution in [0.2, 0.25) is 0 Å². The van der Waals surface area contributed by atoms with E-state index in [0.717, 1.165) is 37.1 Å². The Labute approximate surface area is 146 Å². The van der Waals surface area contributed by atoms with E-state index in [9.17, 15) is 9.59 Å². The van der Waals surface area contributed by atoms with Crippen LogP contribution in [-0.2, 0) is 22.6 Å². The first-order valence-electron chi connectivity index (χ1n) is 8.53. The lowest BCUT2D eigenvalue weighted by Crippen LogP contribution is -2.39. The molecule has 1 saturated heterocycles. The van der Waals surface area contributed by atoms with Crippen LogP contribution in [-0.4, -0.2) is 49.7 Å². The molecule has 3 rings (SSSR count). The molecular weight excluding hydrogens is 320 g/mol. The number of hydrogen-bond donors (Lipinski definition) is 1. The van der Waals surface area contributed by atoms with Gasteiger partial charge in [0.05, 0.1) is 5.69 Å². The lowest BCUT2D eigenvalue weighted by molar-refractivity contribution is -0.138. The van der Waals surface area contributed by atoms with E-state index >= 15 is 0 Å².